The van der Waals surface area contributed by atoms with E-state index in [0.717, 1.165) is 18.4 Å². The number of carbonyl (C=O) groups is 1. The maximum absolute atomic E-state index is 12.2. The number of hydrazine groups is 1. The van der Waals surface area contributed by atoms with Gasteiger partial charge in [-0.1, -0.05) is 49.6 Å². The molecule has 2 rings (SSSR count). The number of nitrogens with one attached hydrogen (secondary N) is 3. The van der Waals surface area contributed by atoms with E-state index in [2.05, 4.69) is 26.4 Å². The Labute approximate surface area is 150 Å². The van der Waals surface area contributed by atoms with Gasteiger partial charge in [0.2, 0.25) is 0 Å². The SMILES string of the molecule is CC(C)(/N=N/C1CCCCC1)NC(=O)NNC(C)(C)c1ccccc1. The highest BCUT2D eigenvalue weighted by atomic mass is 16.2. The smallest absolute Gasteiger partial charge is 0.311 e. The molecule has 0 heterocycles. The molecule has 0 atom stereocenters. The minimum atomic E-state index is -0.736. The van der Waals surface area contributed by atoms with Crippen LogP contribution < -0.4 is 16.2 Å². The first-order valence-electron chi connectivity index (χ1n) is 9.11. The summed E-state index contributed by atoms with van der Waals surface area (Å²) in [5, 5.41) is 11.6. The molecular weight excluding hydrogens is 314 g/mol. The fourth-order valence-corrected chi connectivity index (χ4v) is 2.90. The molecule has 25 heavy (non-hydrogen) atoms. The number of azo groups is 1. The molecule has 0 saturated heterocycles. The van der Waals surface area contributed by atoms with Crippen LogP contribution in [0.25, 0.3) is 0 Å². The molecule has 1 aliphatic rings. The Morgan fingerprint density at radius 1 is 1.04 bits per heavy atom. The molecule has 0 unspecified atom stereocenters. The normalized spacial score (nSPS) is 16.8. The number of benzene rings is 1. The molecule has 0 aliphatic heterocycles. The van der Waals surface area contributed by atoms with Crippen LogP contribution in [0.5, 0.6) is 0 Å². The Hall–Kier alpha value is -1.95. The molecule has 6 heteroatoms. The molecule has 0 bridgehead atoms. The third-order valence-corrected chi connectivity index (χ3v) is 4.45. The lowest BCUT2D eigenvalue weighted by atomic mass is 9.95. The second kappa shape index (κ2) is 8.43. The molecule has 1 saturated carbocycles. The van der Waals surface area contributed by atoms with Gasteiger partial charge < -0.3 is 5.32 Å². The molecule has 0 aromatic heterocycles. The van der Waals surface area contributed by atoms with E-state index >= 15 is 0 Å². The summed E-state index contributed by atoms with van der Waals surface area (Å²) in [6.07, 6.45) is 5.92. The number of carbonyl (C=O) groups excluding carboxylic acids is 1. The maximum Gasteiger partial charge on any atom is 0.331 e. The largest absolute Gasteiger partial charge is 0.331 e. The number of amides is 2. The highest BCUT2D eigenvalue weighted by Gasteiger charge is 2.24. The Kier molecular flexibility index (Phi) is 6.53. The maximum atomic E-state index is 12.2. The fraction of sp³-hybridized carbons (Fsp3) is 0.632. The van der Waals surface area contributed by atoms with Gasteiger partial charge in [0.05, 0.1) is 11.6 Å². The Bertz CT molecular complexity index is 577. The van der Waals surface area contributed by atoms with Crippen LogP contribution in [-0.2, 0) is 5.54 Å². The van der Waals surface area contributed by atoms with Crippen molar-refractivity contribution < 1.29 is 4.79 Å². The van der Waals surface area contributed by atoms with Gasteiger partial charge in [-0.25, -0.2) is 10.2 Å². The molecular formula is C19H31N5O. The topological polar surface area (TPSA) is 77.9 Å². The summed E-state index contributed by atoms with van der Waals surface area (Å²) >= 11 is 0. The number of nitrogens with zero attached hydrogens (tertiary/aromatic N) is 2. The molecule has 0 spiro atoms. The Morgan fingerprint density at radius 3 is 2.32 bits per heavy atom. The Morgan fingerprint density at radius 2 is 1.68 bits per heavy atom. The van der Waals surface area contributed by atoms with Crippen molar-refractivity contribution in [1.29, 1.82) is 0 Å². The zero-order valence-corrected chi connectivity index (χ0v) is 15.8. The van der Waals surface area contributed by atoms with E-state index in [4.69, 9.17) is 0 Å². The Balaban J connectivity index is 1.83. The number of hydrogen-bond donors (Lipinski definition) is 3. The van der Waals surface area contributed by atoms with Crippen molar-refractivity contribution >= 4 is 6.03 Å². The van der Waals surface area contributed by atoms with Gasteiger partial charge in [0.25, 0.3) is 0 Å². The molecule has 2 amide bonds. The van der Waals surface area contributed by atoms with Gasteiger partial charge >= 0.3 is 6.03 Å². The number of rotatable bonds is 6. The average Bonchev–Trinajstić information content (AvgIpc) is 2.60. The van der Waals surface area contributed by atoms with Crippen LogP contribution in [0.3, 0.4) is 0 Å². The quantitative estimate of drug-likeness (QED) is 0.532. The molecule has 138 valence electrons. The van der Waals surface area contributed by atoms with E-state index in [0.29, 0.717) is 6.04 Å². The molecule has 1 aliphatic carbocycles. The van der Waals surface area contributed by atoms with E-state index in [9.17, 15) is 4.79 Å². The van der Waals surface area contributed by atoms with Gasteiger partial charge in [0.1, 0.15) is 5.66 Å². The van der Waals surface area contributed by atoms with Gasteiger partial charge in [0.15, 0.2) is 0 Å². The van der Waals surface area contributed by atoms with Crippen LogP contribution in [0.2, 0.25) is 0 Å². The van der Waals surface area contributed by atoms with Crippen LogP contribution in [0.1, 0.15) is 65.4 Å². The highest BCUT2D eigenvalue weighted by Crippen LogP contribution is 2.21. The average molecular weight is 345 g/mol. The predicted octanol–water partition coefficient (Wildman–Crippen LogP) is 4.25. The molecule has 1 aromatic carbocycles. The summed E-state index contributed by atoms with van der Waals surface area (Å²) in [6, 6.07) is 9.95. The minimum Gasteiger partial charge on any atom is -0.311 e. The molecule has 0 radical (unpaired) electrons. The van der Waals surface area contributed by atoms with E-state index in [1.54, 1.807) is 0 Å². The van der Waals surface area contributed by atoms with Gasteiger partial charge in [-0.3, -0.25) is 5.43 Å². The molecule has 6 nitrogen and oxygen atoms in total. The van der Waals surface area contributed by atoms with Crippen LogP contribution in [0.15, 0.2) is 40.6 Å². The number of urea groups is 1. The van der Waals surface area contributed by atoms with Crippen molar-refractivity contribution in [2.75, 3.05) is 0 Å². The lowest BCUT2D eigenvalue weighted by molar-refractivity contribution is 0.216. The highest BCUT2D eigenvalue weighted by molar-refractivity contribution is 5.74. The van der Waals surface area contributed by atoms with Crippen LogP contribution in [0, 0.1) is 0 Å². The fourth-order valence-electron chi connectivity index (χ4n) is 2.90. The van der Waals surface area contributed by atoms with Crippen LogP contribution in [0.4, 0.5) is 4.79 Å². The summed E-state index contributed by atoms with van der Waals surface area (Å²) in [4.78, 5) is 12.2. The zero-order valence-electron chi connectivity index (χ0n) is 15.8. The van der Waals surface area contributed by atoms with Gasteiger partial charge in [0, 0.05) is 0 Å². The van der Waals surface area contributed by atoms with Crippen molar-refractivity contribution in [3.8, 4) is 0 Å². The van der Waals surface area contributed by atoms with Crippen molar-refractivity contribution in [2.24, 2.45) is 10.2 Å². The summed E-state index contributed by atoms with van der Waals surface area (Å²) < 4.78 is 0. The molecule has 1 fully saturated rings. The predicted molar refractivity (Wildman–Crippen MR) is 100 cm³/mol. The van der Waals surface area contributed by atoms with Crippen molar-refractivity contribution in [3.05, 3.63) is 35.9 Å². The first-order chi connectivity index (χ1) is 11.8. The summed E-state index contributed by atoms with van der Waals surface area (Å²) in [7, 11) is 0. The van der Waals surface area contributed by atoms with E-state index in [1.165, 1.54) is 19.3 Å². The van der Waals surface area contributed by atoms with E-state index < -0.39 is 5.66 Å². The molecule has 1 aromatic rings. The first-order valence-corrected chi connectivity index (χ1v) is 9.11. The van der Waals surface area contributed by atoms with Crippen molar-refractivity contribution in [3.63, 3.8) is 0 Å². The van der Waals surface area contributed by atoms with Gasteiger partial charge in [-0.05, 0) is 46.1 Å². The first kappa shape index (κ1) is 19.4. The van der Waals surface area contributed by atoms with Crippen molar-refractivity contribution in [1.82, 2.24) is 16.2 Å². The van der Waals surface area contributed by atoms with Gasteiger partial charge in [-0.2, -0.15) is 10.2 Å². The standard InChI is InChI=1S/C19H31N5O/c1-18(2,15-11-7-5-8-12-15)23-22-17(25)20-19(3,4)24-21-16-13-9-6-10-14-16/h5,7-8,11-12,16,23H,6,9-10,13-14H2,1-4H3,(H2,20,22,25)/b24-21+. The number of hydrogen-bond acceptors (Lipinski definition) is 4. The van der Waals surface area contributed by atoms with Crippen molar-refractivity contribution in [2.45, 2.75) is 77.0 Å². The second-order valence-electron chi connectivity index (χ2n) is 7.76. The van der Waals surface area contributed by atoms with Gasteiger partial charge in [-0.15, -0.1) is 0 Å². The summed E-state index contributed by atoms with van der Waals surface area (Å²) in [6.45, 7) is 7.72. The summed E-state index contributed by atoms with van der Waals surface area (Å²) in [5.41, 5.74) is 5.75. The monoisotopic (exact) mass is 345 g/mol. The lowest BCUT2D eigenvalue weighted by Gasteiger charge is -2.28. The second-order valence-corrected chi connectivity index (χ2v) is 7.76. The van der Waals surface area contributed by atoms with Crippen LogP contribution >= 0.6 is 0 Å². The van der Waals surface area contributed by atoms with E-state index in [1.807, 2.05) is 58.0 Å². The lowest BCUT2D eigenvalue weighted by Crippen LogP contribution is -2.55. The third-order valence-electron chi connectivity index (χ3n) is 4.45. The van der Waals surface area contributed by atoms with E-state index in [-0.39, 0.29) is 11.6 Å². The third kappa shape index (κ3) is 6.46. The van der Waals surface area contributed by atoms with Crippen LogP contribution in [-0.4, -0.2) is 17.7 Å². The molecule has 3 N–H and O–H groups in total. The zero-order chi connectivity index (χ0) is 18.3. The summed E-state index contributed by atoms with van der Waals surface area (Å²) in [5.74, 6) is 0. The minimum absolute atomic E-state index is 0.299.